The molecule has 2 aliphatic heterocycles. The first-order chi connectivity index (χ1) is 13.1. The van der Waals surface area contributed by atoms with Crippen LogP contribution in [0.15, 0.2) is 22.7 Å². The third-order valence-corrected chi connectivity index (χ3v) is 9.53. The summed E-state index contributed by atoms with van der Waals surface area (Å²) in [6.07, 6.45) is 6.81. The highest BCUT2D eigenvalue weighted by Gasteiger charge is 2.50. The van der Waals surface area contributed by atoms with E-state index in [9.17, 15) is 9.90 Å². The van der Waals surface area contributed by atoms with Crippen LogP contribution in [0.25, 0.3) is 0 Å². The molecule has 0 aromatic carbocycles. The lowest BCUT2D eigenvalue weighted by atomic mass is 9.70. The number of fused-ring (bicyclic) bond motifs is 1. The molecule has 0 spiro atoms. The fourth-order valence-electron chi connectivity index (χ4n) is 4.57. The summed E-state index contributed by atoms with van der Waals surface area (Å²) in [6, 6.07) is 0. The molecule has 3 aliphatic rings. The zero-order valence-electron chi connectivity index (χ0n) is 17.9. The topological polar surface area (TPSA) is 58.6 Å². The van der Waals surface area contributed by atoms with E-state index in [-0.39, 0.29) is 23.2 Å². The standard InChI is InChI=1S/C22H35NO3S2/c1-14-15(2)20(25)22(5,17-10-12-21(3,4)26-19(14)17)23-18(24)9-7-6-8-16-11-13-27-28-16/h16-17,25H,6-13H2,1-5H3,(H,23,24). The molecule has 28 heavy (non-hydrogen) atoms. The van der Waals surface area contributed by atoms with Crippen molar-refractivity contribution in [3.05, 3.63) is 22.7 Å². The number of amides is 1. The largest absolute Gasteiger partial charge is 0.510 e. The van der Waals surface area contributed by atoms with E-state index in [1.807, 2.05) is 42.4 Å². The maximum absolute atomic E-state index is 12.7. The number of carbonyl (C=O) groups is 1. The Kier molecular flexibility index (Phi) is 6.70. The van der Waals surface area contributed by atoms with Gasteiger partial charge in [0.25, 0.3) is 0 Å². The minimum Gasteiger partial charge on any atom is -0.510 e. The van der Waals surface area contributed by atoms with Crippen LogP contribution in [0.4, 0.5) is 0 Å². The average Bonchev–Trinajstić information content (AvgIpc) is 3.15. The summed E-state index contributed by atoms with van der Waals surface area (Å²) >= 11 is 0. The van der Waals surface area contributed by atoms with Crippen molar-refractivity contribution < 1.29 is 14.6 Å². The second kappa shape index (κ2) is 8.55. The van der Waals surface area contributed by atoms with Crippen molar-refractivity contribution in [3.63, 3.8) is 0 Å². The molecule has 0 saturated carbocycles. The summed E-state index contributed by atoms with van der Waals surface area (Å²) in [6.45, 7) is 10.1. The van der Waals surface area contributed by atoms with E-state index in [1.165, 1.54) is 18.6 Å². The van der Waals surface area contributed by atoms with Crippen LogP contribution in [0, 0.1) is 5.92 Å². The summed E-state index contributed by atoms with van der Waals surface area (Å²) < 4.78 is 6.32. The van der Waals surface area contributed by atoms with Gasteiger partial charge >= 0.3 is 0 Å². The highest BCUT2D eigenvalue weighted by atomic mass is 33.1. The molecule has 3 atom stereocenters. The molecule has 3 rings (SSSR count). The first-order valence-electron chi connectivity index (χ1n) is 10.5. The molecule has 2 fully saturated rings. The Morgan fingerprint density at radius 2 is 1.96 bits per heavy atom. The molecule has 0 aromatic heterocycles. The first kappa shape index (κ1) is 21.9. The van der Waals surface area contributed by atoms with Crippen molar-refractivity contribution >= 4 is 27.5 Å². The number of rotatable bonds is 6. The maximum atomic E-state index is 12.7. The first-order valence-corrected chi connectivity index (χ1v) is 12.9. The molecule has 2 heterocycles. The summed E-state index contributed by atoms with van der Waals surface area (Å²) in [4.78, 5) is 12.7. The van der Waals surface area contributed by atoms with E-state index in [2.05, 4.69) is 19.2 Å². The number of carbonyl (C=O) groups excluding carboxylic acids is 1. The summed E-state index contributed by atoms with van der Waals surface area (Å²) in [5.74, 6) is 2.49. The predicted octanol–water partition coefficient (Wildman–Crippen LogP) is 5.90. The van der Waals surface area contributed by atoms with Gasteiger partial charge in [-0.25, -0.2) is 0 Å². The second-order valence-electron chi connectivity index (χ2n) is 9.24. The number of aliphatic hydroxyl groups excluding tert-OH is 1. The lowest BCUT2D eigenvalue weighted by Gasteiger charge is -2.49. The number of nitrogens with one attached hydrogen (secondary N) is 1. The number of allylic oxidation sites excluding steroid dienone is 2. The van der Waals surface area contributed by atoms with Crippen molar-refractivity contribution in [3.8, 4) is 0 Å². The Labute approximate surface area is 177 Å². The van der Waals surface area contributed by atoms with Crippen LogP contribution in [0.5, 0.6) is 0 Å². The van der Waals surface area contributed by atoms with Crippen LogP contribution in [-0.4, -0.2) is 33.2 Å². The molecule has 0 radical (unpaired) electrons. The van der Waals surface area contributed by atoms with Crippen molar-refractivity contribution in [1.29, 1.82) is 0 Å². The molecule has 2 N–H and O–H groups in total. The Bertz CT molecular complexity index is 679. The maximum Gasteiger partial charge on any atom is 0.220 e. The zero-order chi connectivity index (χ0) is 20.5. The minimum absolute atomic E-state index is 0.0138. The van der Waals surface area contributed by atoms with Crippen LogP contribution in [0.2, 0.25) is 0 Å². The van der Waals surface area contributed by atoms with Crippen molar-refractivity contribution in [1.82, 2.24) is 5.32 Å². The van der Waals surface area contributed by atoms with E-state index in [0.717, 1.165) is 47.8 Å². The van der Waals surface area contributed by atoms with Crippen LogP contribution in [0.3, 0.4) is 0 Å². The van der Waals surface area contributed by atoms with Crippen molar-refractivity contribution in [2.45, 2.75) is 96.0 Å². The molecule has 158 valence electrons. The number of hydrogen-bond donors (Lipinski definition) is 2. The van der Waals surface area contributed by atoms with E-state index in [4.69, 9.17) is 4.74 Å². The molecule has 4 nitrogen and oxygen atoms in total. The highest BCUT2D eigenvalue weighted by molar-refractivity contribution is 8.77. The summed E-state index contributed by atoms with van der Waals surface area (Å²) in [7, 11) is 3.97. The Hall–Kier alpha value is -0.750. The van der Waals surface area contributed by atoms with Crippen LogP contribution >= 0.6 is 21.6 Å². The van der Waals surface area contributed by atoms with E-state index >= 15 is 0 Å². The van der Waals surface area contributed by atoms with Crippen LogP contribution < -0.4 is 5.32 Å². The molecule has 6 heteroatoms. The van der Waals surface area contributed by atoms with Gasteiger partial charge < -0.3 is 15.2 Å². The van der Waals surface area contributed by atoms with E-state index < -0.39 is 5.54 Å². The Morgan fingerprint density at radius 3 is 2.64 bits per heavy atom. The molecule has 3 unspecified atom stereocenters. The highest BCUT2D eigenvalue weighted by Crippen LogP contribution is 2.48. The number of ether oxygens (including phenoxy) is 1. The Morgan fingerprint density at radius 1 is 1.21 bits per heavy atom. The molecular formula is C22H35NO3S2. The number of aliphatic hydroxyl groups is 1. The second-order valence-corrected chi connectivity index (χ2v) is 12.0. The number of unbranched alkanes of at least 4 members (excludes halogenated alkanes) is 1. The molecule has 1 aliphatic carbocycles. The van der Waals surface area contributed by atoms with Gasteiger partial charge in [-0.2, -0.15) is 0 Å². The van der Waals surface area contributed by atoms with E-state index in [1.54, 1.807) is 0 Å². The smallest absolute Gasteiger partial charge is 0.220 e. The van der Waals surface area contributed by atoms with Gasteiger partial charge in [-0.15, -0.1) is 0 Å². The van der Waals surface area contributed by atoms with E-state index in [0.29, 0.717) is 6.42 Å². The van der Waals surface area contributed by atoms with Crippen LogP contribution in [-0.2, 0) is 9.53 Å². The quantitative estimate of drug-likeness (QED) is 0.410. The number of hydrogen-bond acceptors (Lipinski definition) is 5. The third kappa shape index (κ3) is 4.53. The van der Waals surface area contributed by atoms with Gasteiger partial charge in [0.05, 0.1) is 0 Å². The fourth-order valence-corrected chi connectivity index (χ4v) is 7.60. The van der Waals surface area contributed by atoms with Crippen LogP contribution in [0.1, 0.15) is 79.6 Å². The van der Waals surface area contributed by atoms with Gasteiger partial charge in [-0.1, -0.05) is 28.0 Å². The Balaban J connectivity index is 1.63. The summed E-state index contributed by atoms with van der Waals surface area (Å²) in [5.41, 5.74) is 0.836. The molecular weight excluding hydrogens is 390 g/mol. The van der Waals surface area contributed by atoms with Gasteiger partial charge in [0.1, 0.15) is 22.7 Å². The van der Waals surface area contributed by atoms with Gasteiger partial charge in [-0.3, -0.25) is 4.79 Å². The molecule has 0 aromatic rings. The monoisotopic (exact) mass is 425 g/mol. The zero-order valence-corrected chi connectivity index (χ0v) is 19.5. The van der Waals surface area contributed by atoms with Gasteiger partial charge in [0.2, 0.25) is 5.91 Å². The summed E-state index contributed by atoms with van der Waals surface area (Å²) in [5, 5.41) is 14.9. The lowest BCUT2D eigenvalue weighted by Crippen LogP contribution is -2.57. The average molecular weight is 426 g/mol. The van der Waals surface area contributed by atoms with Gasteiger partial charge in [0.15, 0.2) is 0 Å². The van der Waals surface area contributed by atoms with Gasteiger partial charge in [0, 0.05) is 23.3 Å². The minimum atomic E-state index is -0.787. The van der Waals surface area contributed by atoms with Crippen molar-refractivity contribution in [2.24, 2.45) is 5.92 Å². The van der Waals surface area contributed by atoms with Gasteiger partial charge in [-0.05, 0) is 77.9 Å². The predicted molar refractivity (Wildman–Crippen MR) is 119 cm³/mol. The third-order valence-electron chi connectivity index (χ3n) is 6.52. The van der Waals surface area contributed by atoms with Crippen molar-refractivity contribution in [2.75, 3.05) is 5.75 Å². The molecule has 0 bridgehead atoms. The SMILES string of the molecule is CC1=C2OC(C)(C)CCC2C(C)(NC(=O)CCCCC2CCSS2)C(O)=C1C. The normalized spacial score (nSPS) is 32.2. The molecule has 1 amide bonds. The molecule has 2 saturated heterocycles. The fraction of sp³-hybridized carbons (Fsp3) is 0.773. The lowest BCUT2D eigenvalue weighted by molar-refractivity contribution is -0.124.